The molecular formula is C19H34O16. The summed E-state index contributed by atoms with van der Waals surface area (Å²) in [5, 5.41) is 101. The molecule has 0 aromatic heterocycles. The van der Waals surface area contributed by atoms with Crippen LogP contribution in [0.15, 0.2) is 0 Å². The van der Waals surface area contributed by atoms with Crippen LogP contribution in [0.4, 0.5) is 0 Å². The second-order valence-corrected chi connectivity index (χ2v) is 8.55. The van der Waals surface area contributed by atoms with E-state index in [9.17, 15) is 51.1 Å². The fourth-order valence-electron chi connectivity index (χ4n) is 4.22. The van der Waals surface area contributed by atoms with Crippen molar-refractivity contribution in [3.8, 4) is 0 Å². The Morgan fingerprint density at radius 3 is 1.29 bits per heavy atom. The molecule has 0 aromatic rings. The summed E-state index contributed by atoms with van der Waals surface area (Å²) in [4.78, 5) is 0. The molecule has 3 aliphatic heterocycles. The largest absolute Gasteiger partial charge is 0.394 e. The number of aliphatic hydroxyl groups is 10. The minimum atomic E-state index is -1.88. The van der Waals surface area contributed by atoms with Crippen molar-refractivity contribution in [2.75, 3.05) is 26.9 Å². The maximum Gasteiger partial charge on any atom is 0.187 e. The zero-order chi connectivity index (χ0) is 26.0. The number of aliphatic hydroxyl groups excluding tert-OH is 10. The van der Waals surface area contributed by atoms with Gasteiger partial charge in [-0.25, -0.2) is 0 Å². The molecule has 3 aliphatic rings. The van der Waals surface area contributed by atoms with Gasteiger partial charge in [0.2, 0.25) is 0 Å². The summed E-state index contributed by atoms with van der Waals surface area (Å²) in [5.41, 5.74) is 0. The minimum absolute atomic E-state index is 0.664. The molecule has 3 saturated heterocycles. The first-order valence-corrected chi connectivity index (χ1v) is 11.0. The molecule has 0 amide bonds. The van der Waals surface area contributed by atoms with Gasteiger partial charge in [0.1, 0.15) is 73.2 Å². The molecule has 206 valence electrons. The molecule has 3 rings (SSSR count). The third-order valence-electron chi connectivity index (χ3n) is 6.31. The molecule has 16 nitrogen and oxygen atoms in total. The highest BCUT2D eigenvalue weighted by molar-refractivity contribution is 4.96. The Labute approximate surface area is 199 Å². The van der Waals surface area contributed by atoms with Crippen molar-refractivity contribution in [3.63, 3.8) is 0 Å². The van der Waals surface area contributed by atoms with Gasteiger partial charge in [-0.3, -0.25) is 0 Å². The second kappa shape index (κ2) is 12.3. The number of hydrogen-bond acceptors (Lipinski definition) is 16. The average molecular weight is 518 g/mol. The SMILES string of the molecule is CO[C@@H]1OC(CO)[C@@H](O)[C@H](O[C@@H]2OC(CO)[C@@H](O)[C@H](O[C@@H]3OC(CO)[C@@H](O)[C@H](O)C3O)C2O)C1O. The minimum Gasteiger partial charge on any atom is -0.394 e. The Kier molecular flexibility index (Phi) is 10.1. The molecule has 0 bridgehead atoms. The lowest BCUT2D eigenvalue weighted by Gasteiger charge is -2.48. The Morgan fingerprint density at radius 2 is 0.857 bits per heavy atom. The van der Waals surface area contributed by atoms with E-state index in [4.69, 9.17) is 28.4 Å². The molecular weight excluding hydrogens is 484 g/mol. The van der Waals surface area contributed by atoms with Gasteiger partial charge in [0.05, 0.1) is 19.8 Å². The van der Waals surface area contributed by atoms with Gasteiger partial charge >= 0.3 is 0 Å². The molecule has 10 N–H and O–H groups in total. The summed E-state index contributed by atoms with van der Waals surface area (Å²) in [7, 11) is 1.20. The van der Waals surface area contributed by atoms with Crippen LogP contribution in [0.25, 0.3) is 0 Å². The van der Waals surface area contributed by atoms with Crippen molar-refractivity contribution in [1.82, 2.24) is 0 Å². The molecule has 3 heterocycles. The average Bonchev–Trinajstić information content (AvgIpc) is 2.85. The van der Waals surface area contributed by atoms with Crippen molar-refractivity contribution in [3.05, 3.63) is 0 Å². The lowest BCUT2D eigenvalue weighted by Crippen LogP contribution is -2.66. The lowest BCUT2D eigenvalue weighted by atomic mass is 9.96. The van der Waals surface area contributed by atoms with E-state index in [1.807, 2.05) is 0 Å². The van der Waals surface area contributed by atoms with Crippen molar-refractivity contribution in [1.29, 1.82) is 0 Å². The first kappa shape index (κ1) is 28.9. The van der Waals surface area contributed by atoms with Crippen LogP contribution in [0.1, 0.15) is 0 Å². The van der Waals surface area contributed by atoms with E-state index in [0.717, 1.165) is 0 Å². The predicted molar refractivity (Wildman–Crippen MR) is 106 cm³/mol. The molecule has 6 unspecified atom stereocenters. The highest BCUT2D eigenvalue weighted by Crippen LogP contribution is 2.32. The number of hydrogen-bond donors (Lipinski definition) is 10. The van der Waals surface area contributed by atoms with Crippen molar-refractivity contribution >= 4 is 0 Å². The van der Waals surface area contributed by atoms with Gasteiger partial charge in [0.25, 0.3) is 0 Å². The van der Waals surface area contributed by atoms with E-state index in [0.29, 0.717) is 0 Å². The Morgan fingerprint density at radius 1 is 0.486 bits per heavy atom. The molecule has 0 spiro atoms. The first-order chi connectivity index (χ1) is 16.6. The highest BCUT2D eigenvalue weighted by atomic mass is 16.8. The Balaban J connectivity index is 1.79. The van der Waals surface area contributed by atoms with Gasteiger partial charge in [-0.1, -0.05) is 0 Å². The zero-order valence-corrected chi connectivity index (χ0v) is 18.7. The van der Waals surface area contributed by atoms with Crippen LogP contribution in [-0.2, 0) is 28.4 Å². The molecule has 0 saturated carbocycles. The molecule has 15 atom stereocenters. The van der Waals surface area contributed by atoms with E-state index in [2.05, 4.69) is 0 Å². The molecule has 16 heteroatoms. The van der Waals surface area contributed by atoms with Crippen LogP contribution >= 0.6 is 0 Å². The molecule has 0 aliphatic carbocycles. The lowest BCUT2D eigenvalue weighted by molar-refractivity contribution is -0.380. The van der Waals surface area contributed by atoms with Crippen LogP contribution in [0.2, 0.25) is 0 Å². The molecule has 0 radical (unpaired) electrons. The van der Waals surface area contributed by atoms with Crippen LogP contribution in [0.3, 0.4) is 0 Å². The highest BCUT2D eigenvalue weighted by Gasteiger charge is 2.53. The molecule has 35 heavy (non-hydrogen) atoms. The third-order valence-corrected chi connectivity index (χ3v) is 6.31. The van der Waals surface area contributed by atoms with Crippen LogP contribution < -0.4 is 0 Å². The standard InChI is InChI=1S/C19H34O16/c1-30-17-13(28)15(9(24)6(3-21)31-17)35-19-14(29)16(10(25)7(4-22)33-19)34-18-12(27)11(26)8(23)5(2-20)32-18/h5-29H,2-4H2,1H3/t5?,6?,7?,8-,9-,10-,11+,12?,13?,14?,15+,16+,17-,18+,19+/m1/s1. The van der Waals surface area contributed by atoms with Crippen molar-refractivity contribution in [2.45, 2.75) is 92.1 Å². The third kappa shape index (κ3) is 5.78. The smallest absolute Gasteiger partial charge is 0.187 e. The summed E-state index contributed by atoms with van der Waals surface area (Å²) in [6.07, 6.45) is -24.1. The second-order valence-electron chi connectivity index (χ2n) is 8.55. The topological polar surface area (TPSA) is 258 Å². The predicted octanol–water partition coefficient (Wildman–Crippen LogP) is -6.92. The van der Waals surface area contributed by atoms with Crippen molar-refractivity contribution in [2.24, 2.45) is 0 Å². The van der Waals surface area contributed by atoms with Crippen LogP contribution in [0, 0.1) is 0 Å². The van der Waals surface area contributed by atoms with Gasteiger partial charge in [-0.05, 0) is 0 Å². The van der Waals surface area contributed by atoms with E-state index in [1.54, 1.807) is 0 Å². The van der Waals surface area contributed by atoms with Gasteiger partial charge in [0.15, 0.2) is 18.9 Å². The Bertz CT molecular complexity index is 638. The van der Waals surface area contributed by atoms with Gasteiger partial charge < -0.3 is 79.5 Å². The normalized spacial score (nSPS) is 51.3. The van der Waals surface area contributed by atoms with E-state index >= 15 is 0 Å². The summed E-state index contributed by atoms with van der Waals surface area (Å²) < 4.78 is 31.8. The number of ether oxygens (including phenoxy) is 6. The molecule has 0 aromatic carbocycles. The number of rotatable bonds is 8. The van der Waals surface area contributed by atoms with Gasteiger partial charge in [-0.2, -0.15) is 0 Å². The number of methoxy groups -OCH3 is 1. The summed E-state index contributed by atoms with van der Waals surface area (Å²) in [6.45, 7) is -2.20. The van der Waals surface area contributed by atoms with Gasteiger partial charge in [-0.15, -0.1) is 0 Å². The maximum atomic E-state index is 10.8. The van der Waals surface area contributed by atoms with E-state index < -0.39 is 112 Å². The summed E-state index contributed by atoms with van der Waals surface area (Å²) >= 11 is 0. The Hall–Kier alpha value is -0.640. The summed E-state index contributed by atoms with van der Waals surface area (Å²) in [5.74, 6) is 0. The quantitative estimate of drug-likeness (QED) is 0.143. The van der Waals surface area contributed by atoms with Crippen LogP contribution in [0.5, 0.6) is 0 Å². The fraction of sp³-hybridized carbons (Fsp3) is 1.00. The first-order valence-electron chi connectivity index (χ1n) is 11.0. The maximum absolute atomic E-state index is 10.8. The molecule has 3 fully saturated rings. The van der Waals surface area contributed by atoms with E-state index in [-0.39, 0.29) is 0 Å². The van der Waals surface area contributed by atoms with Crippen molar-refractivity contribution < 1.29 is 79.5 Å². The monoisotopic (exact) mass is 518 g/mol. The van der Waals surface area contributed by atoms with Gasteiger partial charge in [0, 0.05) is 7.11 Å². The van der Waals surface area contributed by atoms with E-state index in [1.165, 1.54) is 7.11 Å². The summed E-state index contributed by atoms with van der Waals surface area (Å²) in [6, 6.07) is 0. The fourth-order valence-corrected chi connectivity index (χ4v) is 4.22. The zero-order valence-electron chi connectivity index (χ0n) is 18.7. The van der Waals surface area contributed by atoms with Crippen LogP contribution in [-0.4, -0.2) is 170 Å².